The zero-order valence-electron chi connectivity index (χ0n) is 8.24. The fraction of sp³-hybridized carbons (Fsp3) is 0.0909. The molecule has 1 N–H and O–H groups in total. The summed E-state index contributed by atoms with van der Waals surface area (Å²) in [5.41, 5.74) is 1.67. The Morgan fingerprint density at radius 2 is 1.87 bits per heavy atom. The van der Waals surface area contributed by atoms with Gasteiger partial charge in [-0.05, 0) is 18.2 Å². The number of aromatic nitrogens is 2. The topological polar surface area (TPSA) is 37.8 Å². The molecule has 1 aromatic heterocycles. The molecule has 0 radical (unpaired) electrons. The van der Waals surface area contributed by atoms with Crippen LogP contribution in [0.3, 0.4) is 0 Å². The van der Waals surface area contributed by atoms with Gasteiger partial charge < -0.3 is 5.32 Å². The van der Waals surface area contributed by atoms with E-state index in [0.29, 0.717) is 5.02 Å². The highest BCUT2D eigenvalue weighted by molar-refractivity contribution is 6.33. The molecule has 2 aromatic rings. The van der Waals surface area contributed by atoms with E-state index in [2.05, 4.69) is 15.5 Å². The van der Waals surface area contributed by atoms with Gasteiger partial charge in [0.1, 0.15) is 5.82 Å². The van der Waals surface area contributed by atoms with Crippen molar-refractivity contribution in [3.63, 3.8) is 0 Å². The number of nitrogens with zero attached hydrogens (tertiary/aromatic N) is 2. The molecule has 15 heavy (non-hydrogen) atoms. The lowest BCUT2D eigenvalue weighted by Gasteiger charge is -2.03. The maximum absolute atomic E-state index is 6.05. The Balaban J connectivity index is 2.42. The second-order valence-corrected chi connectivity index (χ2v) is 3.44. The second-order valence-electron chi connectivity index (χ2n) is 3.03. The van der Waals surface area contributed by atoms with Gasteiger partial charge in [0.2, 0.25) is 0 Å². The number of benzene rings is 1. The smallest absolute Gasteiger partial charge is 0.148 e. The Bertz CT molecular complexity index is 454. The van der Waals surface area contributed by atoms with Gasteiger partial charge in [0.05, 0.1) is 10.7 Å². The van der Waals surface area contributed by atoms with Gasteiger partial charge in [0.15, 0.2) is 0 Å². The molecule has 1 heterocycles. The molecule has 76 valence electrons. The van der Waals surface area contributed by atoms with Crippen molar-refractivity contribution in [1.29, 1.82) is 0 Å². The Hall–Kier alpha value is -1.61. The number of rotatable bonds is 2. The van der Waals surface area contributed by atoms with Gasteiger partial charge in [-0.1, -0.05) is 29.8 Å². The monoisotopic (exact) mass is 219 g/mol. The Morgan fingerprint density at radius 1 is 1.07 bits per heavy atom. The highest BCUT2D eigenvalue weighted by atomic mass is 35.5. The van der Waals surface area contributed by atoms with Crippen molar-refractivity contribution in [3.8, 4) is 11.3 Å². The van der Waals surface area contributed by atoms with Crippen molar-refractivity contribution >= 4 is 17.4 Å². The highest BCUT2D eigenvalue weighted by Crippen LogP contribution is 2.25. The van der Waals surface area contributed by atoms with E-state index in [-0.39, 0.29) is 0 Å². The van der Waals surface area contributed by atoms with Gasteiger partial charge >= 0.3 is 0 Å². The van der Waals surface area contributed by atoms with Gasteiger partial charge in [-0.15, -0.1) is 10.2 Å². The van der Waals surface area contributed by atoms with Crippen molar-refractivity contribution in [2.75, 3.05) is 12.4 Å². The van der Waals surface area contributed by atoms with Crippen LogP contribution in [-0.2, 0) is 0 Å². The van der Waals surface area contributed by atoms with Crippen molar-refractivity contribution in [3.05, 3.63) is 41.4 Å². The van der Waals surface area contributed by atoms with Crippen LogP contribution in [0.4, 0.5) is 5.82 Å². The number of hydrogen-bond acceptors (Lipinski definition) is 3. The third-order valence-corrected chi connectivity index (χ3v) is 2.40. The van der Waals surface area contributed by atoms with Crippen LogP contribution in [0.1, 0.15) is 0 Å². The van der Waals surface area contributed by atoms with Crippen LogP contribution in [0.25, 0.3) is 11.3 Å². The summed E-state index contributed by atoms with van der Waals surface area (Å²) in [6.45, 7) is 0. The van der Waals surface area contributed by atoms with Crippen LogP contribution < -0.4 is 5.32 Å². The van der Waals surface area contributed by atoms with E-state index >= 15 is 0 Å². The van der Waals surface area contributed by atoms with Crippen molar-refractivity contribution < 1.29 is 0 Å². The lowest BCUT2D eigenvalue weighted by atomic mass is 10.1. The summed E-state index contributed by atoms with van der Waals surface area (Å²) in [5.74, 6) is 0.741. The first-order valence-electron chi connectivity index (χ1n) is 4.57. The average Bonchev–Trinajstić information content (AvgIpc) is 2.30. The molecule has 3 nitrogen and oxygen atoms in total. The summed E-state index contributed by atoms with van der Waals surface area (Å²) in [4.78, 5) is 0. The molecular weight excluding hydrogens is 210 g/mol. The van der Waals surface area contributed by atoms with E-state index in [0.717, 1.165) is 17.1 Å². The number of nitrogens with one attached hydrogen (secondary N) is 1. The predicted molar refractivity (Wildman–Crippen MR) is 62.0 cm³/mol. The van der Waals surface area contributed by atoms with Gasteiger partial charge in [-0.3, -0.25) is 0 Å². The Labute approximate surface area is 93.1 Å². The van der Waals surface area contributed by atoms with E-state index in [1.807, 2.05) is 36.4 Å². The molecule has 0 saturated heterocycles. The molecular formula is C11H10ClN3. The van der Waals surface area contributed by atoms with E-state index in [4.69, 9.17) is 11.6 Å². The largest absolute Gasteiger partial charge is 0.372 e. The summed E-state index contributed by atoms with van der Waals surface area (Å²) >= 11 is 6.05. The normalized spacial score (nSPS) is 10.0. The van der Waals surface area contributed by atoms with Crippen LogP contribution in [0, 0.1) is 0 Å². The molecule has 0 spiro atoms. The standard InChI is InChI=1S/C11H10ClN3/c1-13-11-7-6-10(14-15-11)8-4-2-3-5-9(8)12/h2-7H,1H3,(H,13,15). The summed E-state index contributed by atoms with van der Waals surface area (Å²) in [6, 6.07) is 11.3. The maximum atomic E-state index is 6.05. The molecule has 2 rings (SSSR count). The summed E-state index contributed by atoms with van der Waals surface area (Å²) in [7, 11) is 1.80. The molecule has 0 unspecified atom stereocenters. The Morgan fingerprint density at radius 3 is 2.47 bits per heavy atom. The Kier molecular flexibility index (Phi) is 2.83. The first-order valence-corrected chi connectivity index (χ1v) is 4.95. The van der Waals surface area contributed by atoms with Crippen LogP contribution in [0.2, 0.25) is 5.02 Å². The van der Waals surface area contributed by atoms with E-state index in [9.17, 15) is 0 Å². The molecule has 0 aliphatic carbocycles. The average molecular weight is 220 g/mol. The summed E-state index contributed by atoms with van der Waals surface area (Å²) < 4.78 is 0. The molecule has 0 fully saturated rings. The van der Waals surface area contributed by atoms with E-state index in [1.165, 1.54) is 0 Å². The zero-order chi connectivity index (χ0) is 10.7. The number of halogens is 1. The lowest BCUT2D eigenvalue weighted by molar-refractivity contribution is 1.04. The molecule has 0 aliphatic heterocycles. The van der Waals surface area contributed by atoms with Crippen LogP contribution in [0.5, 0.6) is 0 Å². The van der Waals surface area contributed by atoms with Crippen molar-refractivity contribution in [1.82, 2.24) is 10.2 Å². The van der Waals surface area contributed by atoms with Crippen molar-refractivity contribution in [2.45, 2.75) is 0 Å². The van der Waals surface area contributed by atoms with Gasteiger partial charge in [0, 0.05) is 12.6 Å². The molecule has 4 heteroatoms. The third kappa shape index (κ3) is 2.07. The van der Waals surface area contributed by atoms with Crippen molar-refractivity contribution in [2.24, 2.45) is 0 Å². The minimum atomic E-state index is 0.684. The first kappa shape index (κ1) is 9.93. The van der Waals surface area contributed by atoms with Crippen LogP contribution in [0.15, 0.2) is 36.4 Å². The number of hydrogen-bond donors (Lipinski definition) is 1. The molecule has 0 saturated carbocycles. The molecule has 0 aliphatic rings. The SMILES string of the molecule is CNc1ccc(-c2ccccc2Cl)nn1. The number of anilines is 1. The fourth-order valence-corrected chi connectivity index (χ4v) is 1.51. The van der Waals surface area contributed by atoms with E-state index in [1.54, 1.807) is 7.05 Å². The maximum Gasteiger partial charge on any atom is 0.148 e. The highest BCUT2D eigenvalue weighted by Gasteiger charge is 2.03. The first-order chi connectivity index (χ1) is 7.31. The quantitative estimate of drug-likeness (QED) is 0.844. The minimum absolute atomic E-state index is 0.684. The molecule has 0 bridgehead atoms. The molecule has 0 atom stereocenters. The molecule has 1 aromatic carbocycles. The second kappa shape index (κ2) is 4.28. The lowest BCUT2D eigenvalue weighted by Crippen LogP contribution is -1.95. The fourth-order valence-electron chi connectivity index (χ4n) is 1.28. The predicted octanol–water partition coefficient (Wildman–Crippen LogP) is 2.84. The summed E-state index contributed by atoms with van der Waals surface area (Å²) in [5, 5.41) is 11.7. The molecule has 0 amide bonds. The van der Waals surface area contributed by atoms with Gasteiger partial charge in [-0.25, -0.2) is 0 Å². The van der Waals surface area contributed by atoms with E-state index < -0.39 is 0 Å². The minimum Gasteiger partial charge on any atom is -0.372 e. The van der Waals surface area contributed by atoms with Gasteiger partial charge in [0.25, 0.3) is 0 Å². The zero-order valence-corrected chi connectivity index (χ0v) is 8.99. The third-order valence-electron chi connectivity index (χ3n) is 2.07. The van der Waals surface area contributed by atoms with Crippen LogP contribution in [-0.4, -0.2) is 17.2 Å². The van der Waals surface area contributed by atoms with Gasteiger partial charge in [-0.2, -0.15) is 0 Å². The van der Waals surface area contributed by atoms with Crippen LogP contribution >= 0.6 is 11.6 Å². The summed E-state index contributed by atoms with van der Waals surface area (Å²) in [6.07, 6.45) is 0.